The van der Waals surface area contributed by atoms with Gasteiger partial charge in [0.1, 0.15) is 0 Å². The van der Waals surface area contributed by atoms with Crippen molar-refractivity contribution in [1.29, 1.82) is 0 Å². The van der Waals surface area contributed by atoms with E-state index in [1.165, 1.54) is 11.3 Å². The van der Waals surface area contributed by atoms with Crippen molar-refractivity contribution in [2.45, 2.75) is 11.1 Å². The van der Waals surface area contributed by atoms with Crippen LogP contribution >= 0.6 is 0 Å². The minimum Gasteiger partial charge on any atom is -0.800 e. The second-order valence-electron chi connectivity index (χ2n) is 5.89. The number of rotatable bonds is 6. The molecule has 0 N–H and O–H groups in total. The van der Waals surface area contributed by atoms with Gasteiger partial charge in [0.2, 0.25) is 0 Å². The average molecular weight is 568 g/mol. The molecule has 1 radical (unpaired) electrons. The average Bonchev–Trinajstić information content (AvgIpc) is 2.67. The fourth-order valence-electron chi connectivity index (χ4n) is 2.76. The SMILES string of the molecule is [Au].[S-]C([S-])N1CCN(c2ccc(O/N=C/Cc3ccccc3)cc2)CC1. The van der Waals surface area contributed by atoms with E-state index in [-0.39, 0.29) is 27.1 Å². The van der Waals surface area contributed by atoms with Gasteiger partial charge in [-0.05, 0) is 29.8 Å². The Morgan fingerprint density at radius 1 is 0.962 bits per heavy atom. The molecule has 1 fully saturated rings. The van der Waals surface area contributed by atoms with Crippen LogP contribution in [0.15, 0.2) is 59.8 Å². The van der Waals surface area contributed by atoms with E-state index in [9.17, 15) is 0 Å². The van der Waals surface area contributed by atoms with Crippen LogP contribution in [0.3, 0.4) is 0 Å². The van der Waals surface area contributed by atoms with Gasteiger partial charge in [-0.2, -0.15) is 0 Å². The van der Waals surface area contributed by atoms with E-state index in [0.29, 0.717) is 0 Å². The van der Waals surface area contributed by atoms with E-state index in [4.69, 9.17) is 30.1 Å². The van der Waals surface area contributed by atoms with Crippen LogP contribution in [0.2, 0.25) is 0 Å². The Morgan fingerprint density at radius 2 is 1.62 bits per heavy atom. The van der Waals surface area contributed by atoms with Gasteiger partial charge in [0.05, 0.1) is 0 Å². The van der Waals surface area contributed by atoms with Gasteiger partial charge in [0.25, 0.3) is 0 Å². The molecule has 0 bridgehead atoms. The van der Waals surface area contributed by atoms with Crippen LogP contribution in [0.1, 0.15) is 5.56 Å². The van der Waals surface area contributed by atoms with Gasteiger partial charge < -0.3 is 39.9 Å². The second-order valence-corrected chi connectivity index (χ2v) is 7.08. The van der Waals surface area contributed by atoms with E-state index in [1.807, 2.05) is 30.3 Å². The van der Waals surface area contributed by atoms with Crippen LogP contribution in [0, 0.1) is 0 Å². The van der Waals surface area contributed by atoms with Crippen LogP contribution < -0.4 is 9.74 Å². The molecule has 0 unspecified atom stereocenters. The van der Waals surface area contributed by atoms with Crippen LogP contribution in [0.25, 0.3) is 0 Å². The number of oxime groups is 1. The van der Waals surface area contributed by atoms with Gasteiger partial charge >= 0.3 is 0 Å². The van der Waals surface area contributed by atoms with E-state index >= 15 is 0 Å². The fourth-order valence-corrected chi connectivity index (χ4v) is 3.19. The molecule has 7 heteroatoms. The first kappa shape index (κ1) is 21.4. The fraction of sp³-hybridized carbons (Fsp3) is 0.316. The Morgan fingerprint density at radius 3 is 2.23 bits per heavy atom. The molecule has 0 atom stereocenters. The Bertz CT molecular complexity index is 675. The topological polar surface area (TPSA) is 28.1 Å². The molecule has 0 spiro atoms. The first-order valence-electron chi connectivity index (χ1n) is 8.36. The standard InChI is InChI=1S/C19H23N3OS2.Au/c24-19(25)22-14-12-21(13-15-22)17-6-8-18(9-7-17)23-20-11-10-16-4-2-1-3-5-16;/h1-9,11,19,24-25H,10,12-15H2;/p-2/b20-11+;. The Hall–Kier alpha value is -0.890. The van der Waals surface area contributed by atoms with Gasteiger partial charge in [0.15, 0.2) is 5.75 Å². The molecule has 2 aromatic carbocycles. The molecule has 1 aliphatic heterocycles. The number of hydrogen-bond acceptors (Lipinski definition) is 6. The normalized spacial score (nSPS) is 15.3. The smallest absolute Gasteiger partial charge is 0.158 e. The van der Waals surface area contributed by atoms with Crippen molar-refractivity contribution < 1.29 is 27.2 Å². The molecule has 0 saturated carbocycles. The first-order valence-corrected chi connectivity index (χ1v) is 9.30. The number of piperazine rings is 1. The second kappa shape index (κ2) is 11.1. The molecular formula is C19H21AuN3OS2-2. The molecular weight excluding hydrogens is 547 g/mol. The maximum atomic E-state index is 5.43. The predicted molar refractivity (Wildman–Crippen MR) is 108 cm³/mol. The number of anilines is 1. The maximum absolute atomic E-state index is 5.43. The van der Waals surface area contributed by atoms with Crippen molar-refractivity contribution >= 4 is 37.2 Å². The van der Waals surface area contributed by atoms with Gasteiger partial charge in [-0.25, -0.2) is 4.71 Å². The van der Waals surface area contributed by atoms with Gasteiger partial charge in [0, 0.05) is 66.9 Å². The maximum Gasteiger partial charge on any atom is 0.158 e. The summed E-state index contributed by atoms with van der Waals surface area (Å²) in [5.41, 5.74) is 2.40. The van der Waals surface area contributed by atoms with Crippen LogP contribution in [-0.4, -0.2) is 42.0 Å². The Balaban J connectivity index is 0.00000243. The summed E-state index contributed by atoms with van der Waals surface area (Å²) in [4.78, 5) is 9.93. The summed E-state index contributed by atoms with van der Waals surface area (Å²) in [6.07, 6.45) is 2.54. The summed E-state index contributed by atoms with van der Waals surface area (Å²) in [6.45, 7) is 3.72. The predicted octanol–water partition coefficient (Wildman–Crippen LogP) is 2.79. The van der Waals surface area contributed by atoms with E-state index in [2.05, 4.69) is 39.2 Å². The molecule has 4 nitrogen and oxygen atoms in total. The summed E-state index contributed by atoms with van der Waals surface area (Å²) >= 11 is 10.3. The minimum atomic E-state index is -0.202. The van der Waals surface area contributed by atoms with E-state index in [0.717, 1.165) is 38.3 Å². The molecule has 1 saturated heterocycles. The summed E-state index contributed by atoms with van der Waals surface area (Å²) < 4.78 is -0.202. The molecule has 143 valence electrons. The monoisotopic (exact) mass is 568 g/mol. The van der Waals surface area contributed by atoms with Crippen LogP contribution in [-0.2, 0) is 54.1 Å². The third-order valence-electron chi connectivity index (χ3n) is 4.22. The van der Waals surface area contributed by atoms with E-state index < -0.39 is 0 Å². The molecule has 2 aromatic rings. The van der Waals surface area contributed by atoms with Crippen LogP contribution in [0.4, 0.5) is 5.69 Å². The molecule has 1 heterocycles. The number of benzene rings is 2. The Kier molecular flexibility index (Phi) is 9.11. The summed E-state index contributed by atoms with van der Waals surface area (Å²) in [7, 11) is 0. The molecule has 0 amide bonds. The minimum absolute atomic E-state index is 0. The quantitative estimate of drug-likeness (QED) is 0.232. The zero-order valence-corrected chi connectivity index (χ0v) is 18.1. The third-order valence-corrected chi connectivity index (χ3v) is 4.81. The Labute approximate surface area is 181 Å². The van der Waals surface area contributed by atoms with Crippen molar-refractivity contribution in [2.75, 3.05) is 31.1 Å². The van der Waals surface area contributed by atoms with E-state index in [1.54, 1.807) is 6.21 Å². The zero-order valence-electron chi connectivity index (χ0n) is 14.3. The van der Waals surface area contributed by atoms with Gasteiger partial charge in [-0.3, -0.25) is 0 Å². The first-order chi connectivity index (χ1) is 12.2. The number of hydrogen-bond donors (Lipinski definition) is 0. The summed E-state index contributed by atoms with van der Waals surface area (Å²) in [5.74, 6) is 0.739. The van der Waals surface area contributed by atoms with Crippen molar-refractivity contribution in [1.82, 2.24) is 4.90 Å². The summed E-state index contributed by atoms with van der Waals surface area (Å²) in [6, 6.07) is 18.2. The molecule has 0 aromatic heterocycles. The van der Waals surface area contributed by atoms with Crippen molar-refractivity contribution in [3.8, 4) is 5.75 Å². The summed E-state index contributed by atoms with van der Waals surface area (Å²) in [5, 5.41) is 4.04. The van der Waals surface area contributed by atoms with Crippen LogP contribution in [0.5, 0.6) is 5.75 Å². The zero-order chi connectivity index (χ0) is 17.5. The van der Waals surface area contributed by atoms with Gasteiger partial charge in [-0.15, -0.1) is 0 Å². The van der Waals surface area contributed by atoms with Crippen molar-refractivity contribution in [3.63, 3.8) is 0 Å². The molecule has 1 aliphatic rings. The third kappa shape index (κ3) is 6.37. The van der Waals surface area contributed by atoms with Crippen molar-refractivity contribution in [2.24, 2.45) is 5.16 Å². The largest absolute Gasteiger partial charge is 0.800 e. The molecule has 3 rings (SSSR count). The van der Waals surface area contributed by atoms with Crippen molar-refractivity contribution in [3.05, 3.63) is 60.2 Å². The number of nitrogens with zero attached hydrogens (tertiary/aromatic N) is 3. The molecule has 0 aliphatic carbocycles. The molecule has 26 heavy (non-hydrogen) atoms. The van der Waals surface area contributed by atoms with Gasteiger partial charge in [-0.1, -0.05) is 35.5 Å².